The van der Waals surface area contributed by atoms with Crippen LogP contribution in [-0.2, 0) is 18.5 Å². The lowest BCUT2D eigenvalue weighted by Crippen LogP contribution is -2.22. The number of imidazole rings is 1. The van der Waals surface area contributed by atoms with Gasteiger partial charge in [-0.2, -0.15) is 0 Å². The van der Waals surface area contributed by atoms with Gasteiger partial charge in [0.1, 0.15) is 0 Å². The second-order valence-electron chi connectivity index (χ2n) is 4.88. The molecule has 0 spiro atoms. The highest BCUT2D eigenvalue weighted by Gasteiger charge is 2.14. The molecule has 0 radical (unpaired) electrons. The van der Waals surface area contributed by atoms with Gasteiger partial charge in [-0.05, 0) is 20.8 Å². The summed E-state index contributed by atoms with van der Waals surface area (Å²) in [6, 6.07) is 0. The number of hydrogen-bond acceptors (Lipinski definition) is 3. The third-order valence-corrected chi connectivity index (χ3v) is 2.41. The van der Waals surface area contributed by atoms with E-state index in [2.05, 4.69) is 36.1 Å². The van der Waals surface area contributed by atoms with E-state index >= 15 is 0 Å². The highest BCUT2D eigenvalue weighted by atomic mass is 15.4. The van der Waals surface area contributed by atoms with Gasteiger partial charge in [0.2, 0.25) is 0 Å². The normalized spacial score (nSPS) is 11.9. The summed E-state index contributed by atoms with van der Waals surface area (Å²) in [5.74, 6) is 0. The minimum Gasteiger partial charge on any atom is -0.337 e. The molecule has 0 saturated carbocycles. The molecule has 0 saturated heterocycles. The van der Waals surface area contributed by atoms with E-state index in [1.807, 2.05) is 28.0 Å². The van der Waals surface area contributed by atoms with Crippen molar-refractivity contribution < 1.29 is 0 Å². The maximum absolute atomic E-state index is 4.16. The summed E-state index contributed by atoms with van der Waals surface area (Å²) in [7, 11) is 0. The van der Waals surface area contributed by atoms with E-state index in [4.69, 9.17) is 0 Å². The second-order valence-corrected chi connectivity index (χ2v) is 4.88. The Morgan fingerprint density at radius 2 is 2.12 bits per heavy atom. The van der Waals surface area contributed by atoms with Gasteiger partial charge in [-0.3, -0.25) is 0 Å². The topological polar surface area (TPSA) is 48.5 Å². The predicted molar refractivity (Wildman–Crippen MR) is 60.9 cm³/mol. The third kappa shape index (κ3) is 2.48. The molecular weight excluding hydrogens is 202 g/mol. The largest absolute Gasteiger partial charge is 0.337 e. The number of aryl methyl sites for hydroxylation is 2. The van der Waals surface area contributed by atoms with Crippen LogP contribution in [0.3, 0.4) is 0 Å². The quantitative estimate of drug-likeness (QED) is 0.785. The Labute approximate surface area is 95.1 Å². The highest BCUT2D eigenvalue weighted by molar-refractivity contribution is 4.95. The molecule has 0 aliphatic heterocycles. The van der Waals surface area contributed by atoms with Gasteiger partial charge in [0.25, 0.3) is 0 Å². The van der Waals surface area contributed by atoms with Crippen LogP contribution in [0.15, 0.2) is 24.9 Å². The molecule has 0 aliphatic carbocycles. The highest BCUT2D eigenvalue weighted by Crippen LogP contribution is 2.12. The molecule has 16 heavy (non-hydrogen) atoms. The van der Waals surface area contributed by atoms with Crippen LogP contribution in [0.4, 0.5) is 0 Å². The lowest BCUT2D eigenvalue weighted by atomic mass is 10.1. The van der Waals surface area contributed by atoms with Crippen molar-refractivity contribution in [3.8, 4) is 0 Å². The third-order valence-electron chi connectivity index (χ3n) is 2.41. The zero-order valence-corrected chi connectivity index (χ0v) is 9.96. The summed E-state index contributed by atoms with van der Waals surface area (Å²) in [5.41, 5.74) is 1.02. The van der Waals surface area contributed by atoms with Crippen LogP contribution in [0.2, 0.25) is 0 Å². The van der Waals surface area contributed by atoms with E-state index < -0.39 is 0 Å². The van der Waals surface area contributed by atoms with Crippen LogP contribution in [0.25, 0.3) is 0 Å². The van der Waals surface area contributed by atoms with Gasteiger partial charge in [-0.1, -0.05) is 5.21 Å². The average Bonchev–Trinajstić information content (AvgIpc) is 2.85. The maximum Gasteiger partial charge on any atom is 0.0946 e. The number of nitrogens with zero attached hydrogens (tertiary/aromatic N) is 5. The fourth-order valence-electron chi connectivity index (χ4n) is 1.40. The number of hydrogen-bond donors (Lipinski definition) is 0. The molecule has 2 aromatic heterocycles. The maximum atomic E-state index is 4.16. The van der Waals surface area contributed by atoms with Gasteiger partial charge in [-0.25, -0.2) is 9.67 Å². The van der Waals surface area contributed by atoms with Crippen molar-refractivity contribution in [3.63, 3.8) is 0 Å². The van der Waals surface area contributed by atoms with Crippen molar-refractivity contribution in [1.82, 2.24) is 24.5 Å². The number of rotatable bonds is 3. The van der Waals surface area contributed by atoms with Crippen LogP contribution in [0, 0.1) is 0 Å². The van der Waals surface area contributed by atoms with Crippen molar-refractivity contribution in [3.05, 3.63) is 30.6 Å². The van der Waals surface area contributed by atoms with Crippen molar-refractivity contribution in [2.45, 2.75) is 39.3 Å². The minimum atomic E-state index is 0.000253. The molecule has 86 valence electrons. The first-order chi connectivity index (χ1) is 7.55. The summed E-state index contributed by atoms with van der Waals surface area (Å²) in [4.78, 5) is 4.00. The van der Waals surface area contributed by atoms with Crippen LogP contribution in [0.1, 0.15) is 26.5 Å². The Morgan fingerprint density at radius 3 is 2.69 bits per heavy atom. The standard InChI is InChI=1S/C11H17N5/c1-11(2,3)16-8-10(13-14-16)4-6-15-7-5-12-9-15/h5,7-9H,4,6H2,1-3H3. The molecule has 0 N–H and O–H groups in total. The molecule has 2 rings (SSSR count). The molecule has 5 nitrogen and oxygen atoms in total. The zero-order chi connectivity index (χ0) is 11.6. The van der Waals surface area contributed by atoms with Crippen LogP contribution >= 0.6 is 0 Å². The smallest absolute Gasteiger partial charge is 0.0946 e. The zero-order valence-electron chi connectivity index (χ0n) is 9.96. The van der Waals surface area contributed by atoms with Crippen molar-refractivity contribution >= 4 is 0 Å². The molecule has 0 fully saturated rings. The van der Waals surface area contributed by atoms with Crippen molar-refractivity contribution in [1.29, 1.82) is 0 Å². The molecule has 0 atom stereocenters. The first kappa shape index (κ1) is 10.9. The van der Waals surface area contributed by atoms with E-state index in [0.717, 1.165) is 18.7 Å². The molecule has 0 unspecified atom stereocenters. The Kier molecular flexibility index (Phi) is 2.77. The summed E-state index contributed by atoms with van der Waals surface area (Å²) in [6.45, 7) is 7.23. The molecule has 0 aromatic carbocycles. The van der Waals surface area contributed by atoms with Gasteiger partial charge in [0.15, 0.2) is 0 Å². The van der Waals surface area contributed by atoms with Gasteiger partial charge >= 0.3 is 0 Å². The Morgan fingerprint density at radius 1 is 1.31 bits per heavy atom. The number of aromatic nitrogens is 5. The predicted octanol–water partition coefficient (Wildman–Crippen LogP) is 1.47. The van der Waals surface area contributed by atoms with Crippen molar-refractivity contribution in [2.24, 2.45) is 0 Å². The van der Waals surface area contributed by atoms with E-state index in [-0.39, 0.29) is 5.54 Å². The molecule has 0 amide bonds. The van der Waals surface area contributed by atoms with E-state index in [9.17, 15) is 0 Å². The average molecular weight is 219 g/mol. The van der Waals surface area contributed by atoms with Crippen LogP contribution in [-0.4, -0.2) is 24.5 Å². The molecule has 0 aliphatic rings. The van der Waals surface area contributed by atoms with E-state index in [0.29, 0.717) is 0 Å². The monoisotopic (exact) mass is 219 g/mol. The second kappa shape index (κ2) is 4.08. The molecule has 2 heterocycles. The minimum absolute atomic E-state index is 0.000253. The Balaban J connectivity index is 1.98. The van der Waals surface area contributed by atoms with Gasteiger partial charge < -0.3 is 4.57 Å². The Hall–Kier alpha value is -1.65. The molecular formula is C11H17N5. The SMILES string of the molecule is CC(C)(C)n1cc(CCn2ccnc2)nn1. The van der Waals surface area contributed by atoms with E-state index in [1.165, 1.54) is 0 Å². The lowest BCUT2D eigenvalue weighted by molar-refractivity contribution is 0.347. The van der Waals surface area contributed by atoms with Gasteiger partial charge in [0, 0.05) is 31.6 Å². The van der Waals surface area contributed by atoms with Crippen molar-refractivity contribution in [2.75, 3.05) is 0 Å². The fourth-order valence-corrected chi connectivity index (χ4v) is 1.40. The van der Waals surface area contributed by atoms with E-state index in [1.54, 1.807) is 6.20 Å². The Bertz CT molecular complexity index is 435. The summed E-state index contributed by atoms with van der Waals surface area (Å²) < 4.78 is 3.94. The fraction of sp³-hybridized carbons (Fsp3) is 0.545. The lowest BCUT2D eigenvalue weighted by Gasteiger charge is -2.17. The molecule has 2 aromatic rings. The first-order valence-electron chi connectivity index (χ1n) is 5.43. The molecule has 5 heteroatoms. The first-order valence-corrected chi connectivity index (χ1v) is 5.43. The summed E-state index contributed by atoms with van der Waals surface area (Å²) >= 11 is 0. The van der Waals surface area contributed by atoms with Crippen LogP contribution in [0.5, 0.6) is 0 Å². The molecule has 0 bridgehead atoms. The summed E-state index contributed by atoms with van der Waals surface area (Å²) in [6.07, 6.45) is 8.44. The summed E-state index contributed by atoms with van der Waals surface area (Å²) in [5, 5.41) is 8.29. The van der Waals surface area contributed by atoms with Gasteiger partial charge in [0.05, 0.1) is 17.6 Å². The van der Waals surface area contributed by atoms with Gasteiger partial charge in [-0.15, -0.1) is 5.10 Å². The van der Waals surface area contributed by atoms with Crippen LogP contribution < -0.4 is 0 Å².